The highest BCUT2D eigenvalue weighted by atomic mass is 16.6. The molecular weight excluding hydrogens is 572 g/mol. The molecule has 4 atom stereocenters. The van der Waals surface area contributed by atoms with Crippen LogP contribution in [0.1, 0.15) is 71.6 Å². The normalized spacial score (nSPS) is 28.7. The number of likely N-dealkylation sites (tertiary alicyclic amines) is 1. The second-order valence-corrected chi connectivity index (χ2v) is 13.3. The molecule has 0 aliphatic carbocycles. The van der Waals surface area contributed by atoms with Gasteiger partial charge in [0.25, 0.3) is 5.91 Å². The van der Waals surface area contributed by atoms with Crippen LogP contribution in [-0.4, -0.2) is 83.2 Å². The molecule has 10 heteroatoms. The number of fused-ring (bicyclic) bond motifs is 2. The summed E-state index contributed by atoms with van der Waals surface area (Å²) in [7, 11) is 0. The number of piperidine rings is 1. The number of ether oxygens (including phenoxy) is 3. The molecular formula is C35H38N4O6. The number of imide groups is 1. The van der Waals surface area contributed by atoms with E-state index in [4.69, 9.17) is 19.2 Å². The van der Waals surface area contributed by atoms with Crippen LogP contribution in [-0.2, 0) is 32.2 Å². The Morgan fingerprint density at radius 2 is 1.96 bits per heavy atom. The van der Waals surface area contributed by atoms with Crippen molar-refractivity contribution in [1.29, 1.82) is 0 Å². The summed E-state index contributed by atoms with van der Waals surface area (Å²) < 4.78 is 18.2. The van der Waals surface area contributed by atoms with E-state index in [2.05, 4.69) is 40.5 Å². The predicted molar refractivity (Wildman–Crippen MR) is 165 cm³/mol. The van der Waals surface area contributed by atoms with Crippen molar-refractivity contribution in [3.05, 3.63) is 70.9 Å². The van der Waals surface area contributed by atoms with Gasteiger partial charge in [0.1, 0.15) is 17.9 Å². The van der Waals surface area contributed by atoms with Gasteiger partial charge in [0.15, 0.2) is 0 Å². The SMILES string of the molecule is O=C1CC[C@H](N2Cc3cc(O[C@H]4CCN(Cc5ccc6nc([C@H]7CCO[C@]8(CCOC8)C7)ccc6c5)C4)ccc3C2=O)C(=O)N1. The lowest BCUT2D eigenvalue weighted by atomic mass is 9.83. The average molecular weight is 611 g/mol. The fourth-order valence-corrected chi connectivity index (χ4v) is 7.77. The van der Waals surface area contributed by atoms with Crippen LogP contribution in [0, 0.1) is 0 Å². The van der Waals surface area contributed by atoms with Crippen molar-refractivity contribution in [2.24, 2.45) is 0 Å². The third-order valence-corrected chi connectivity index (χ3v) is 10.2. The van der Waals surface area contributed by atoms with E-state index in [9.17, 15) is 14.4 Å². The lowest BCUT2D eigenvalue weighted by molar-refractivity contribution is -0.136. The van der Waals surface area contributed by atoms with Crippen LogP contribution in [0.25, 0.3) is 10.9 Å². The molecule has 1 aromatic heterocycles. The summed E-state index contributed by atoms with van der Waals surface area (Å²) in [5.41, 5.74) is 4.78. The Morgan fingerprint density at radius 1 is 1.02 bits per heavy atom. The van der Waals surface area contributed by atoms with E-state index in [0.717, 1.165) is 86.4 Å². The molecule has 0 radical (unpaired) electrons. The number of hydrogen-bond acceptors (Lipinski definition) is 8. The quantitative estimate of drug-likeness (QED) is 0.421. The summed E-state index contributed by atoms with van der Waals surface area (Å²) >= 11 is 0. The number of amides is 3. The minimum absolute atomic E-state index is 0.0594. The third-order valence-electron chi connectivity index (χ3n) is 10.2. The summed E-state index contributed by atoms with van der Waals surface area (Å²) in [6.07, 6.45) is 4.54. The van der Waals surface area contributed by atoms with E-state index < -0.39 is 11.9 Å². The molecule has 6 heterocycles. The van der Waals surface area contributed by atoms with Gasteiger partial charge in [-0.25, -0.2) is 0 Å². The maximum Gasteiger partial charge on any atom is 0.255 e. The highest BCUT2D eigenvalue weighted by Gasteiger charge is 2.42. The lowest BCUT2D eigenvalue weighted by Gasteiger charge is -2.36. The average Bonchev–Trinajstić information content (AvgIpc) is 3.76. The van der Waals surface area contributed by atoms with E-state index in [0.29, 0.717) is 31.1 Å². The first-order chi connectivity index (χ1) is 21.9. The number of nitrogens with one attached hydrogen (secondary N) is 1. The van der Waals surface area contributed by atoms with E-state index >= 15 is 0 Å². The molecule has 8 rings (SSSR count). The summed E-state index contributed by atoms with van der Waals surface area (Å²) in [6.45, 7) is 5.21. The van der Waals surface area contributed by atoms with Crippen LogP contribution in [0.5, 0.6) is 5.75 Å². The van der Waals surface area contributed by atoms with Crippen LogP contribution in [0.2, 0.25) is 0 Å². The molecule has 4 saturated heterocycles. The Balaban J connectivity index is 0.876. The Labute approximate surface area is 262 Å². The van der Waals surface area contributed by atoms with Crippen LogP contribution < -0.4 is 10.1 Å². The number of pyridine rings is 1. The smallest absolute Gasteiger partial charge is 0.255 e. The summed E-state index contributed by atoms with van der Waals surface area (Å²) in [5.74, 6) is 0.289. The second kappa shape index (κ2) is 11.5. The summed E-state index contributed by atoms with van der Waals surface area (Å²) in [5, 5.41) is 3.51. The van der Waals surface area contributed by atoms with Gasteiger partial charge in [-0.3, -0.25) is 29.6 Å². The van der Waals surface area contributed by atoms with E-state index in [-0.39, 0.29) is 29.9 Å². The van der Waals surface area contributed by atoms with Crippen molar-refractivity contribution >= 4 is 28.6 Å². The van der Waals surface area contributed by atoms with Crippen LogP contribution >= 0.6 is 0 Å². The first-order valence-corrected chi connectivity index (χ1v) is 16.2. The zero-order chi connectivity index (χ0) is 30.5. The molecule has 2 aromatic carbocycles. The third kappa shape index (κ3) is 5.60. The van der Waals surface area contributed by atoms with Crippen molar-refractivity contribution in [2.75, 3.05) is 32.9 Å². The largest absolute Gasteiger partial charge is 0.489 e. The van der Waals surface area contributed by atoms with E-state index in [1.165, 1.54) is 5.56 Å². The monoisotopic (exact) mass is 610 g/mol. The summed E-state index contributed by atoms with van der Waals surface area (Å²) in [6, 6.07) is 15.9. The zero-order valence-corrected chi connectivity index (χ0v) is 25.3. The number of benzene rings is 2. The van der Waals surface area contributed by atoms with Gasteiger partial charge in [-0.2, -0.15) is 0 Å². The molecule has 5 aliphatic rings. The molecule has 5 aliphatic heterocycles. The molecule has 234 valence electrons. The van der Waals surface area contributed by atoms with Crippen molar-refractivity contribution in [2.45, 2.75) is 75.3 Å². The van der Waals surface area contributed by atoms with Crippen molar-refractivity contribution in [3.63, 3.8) is 0 Å². The van der Waals surface area contributed by atoms with Gasteiger partial charge in [-0.1, -0.05) is 12.1 Å². The molecule has 10 nitrogen and oxygen atoms in total. The van der Waals surface area contributed by atoms with Gasteiger partial charge >= 0.3 is 0 Å². The maximum atomic E-state index is 13.0. The maximum absolute atomic E-state index is 13.0. The topological polar surface area (TPSA) is 110 Å². The minimum Gasteiger partial charge on any atom is -0.489 e. The van der Waals surface area contributed by atoms with Gasteiger partial charge in [-0.05, 0) is 73.2 Å². The van der Waals surface area contributed by atoms with Gasteiger partial charge in [0, 0.05) is 74.8 Å². The van der Waals surface area contributed by atoms with Crippen LogP contribution in [0.15, 0.2) is 48.5 Å². The number of carbonyl (C=O) groups excluding carboxylic acids is 3. The number of nitrogens with zero attached hydrogens (tertiary/aromatic N) is 3. The Kier molecular flexibility index (Phi) is 7.31. The first-order valence-electron chi connectivity index (χ1n) is 16.2. The molecule has 45 heavy (non-hydrogen) atoms. The van der Waals surface area contributed by atoms with Gasteiger partial charge in [-0.15, -0.1) is 0 Å². The number of carbonyl (C=O) groups is 3. The highest BCUT2D eigenvalue weighted by Crippen LogP contribution is 2.40. The summed E-state index contributed by atoms with van der Waals surface area (Å²) in [4.78, 5) is 46.0. The van der Waals surface area contributed by atoms with Gasteiger partial charge in [0.2, 0.25) is 11.8 Å². The standard InChI is InChI=1S/C35H38N4O6/c40-32-8-7-31(33(41)37-32)39-19-25-16-26(3-4-28(25)34(39)42)45-27-9-12-38(20-27)18-22-1-5-29-23(15-22)2-6-30(36-29)24-10-13-44-35(17-24)11-14-43-21-35/h1-6,15-16,24,27,31H,7-14,17-21H2,(H,37,40,41)/t24-,27-,31-,35+/m0/s1. The Morgan fingerprint density at radius 3 is 2.82 bits per heavy atom. The molecule has 3 aromatic rings. The van der Waals surface area contributed by atoms with E-state index in [1.807, 2.05) is 12.1 Å². The van der Waals surface area contributed by atoms with Gasteiger partial charge in [0.05, 0.1) is 17.7 Å². The first kappa shape index (κ1) is 28.6. The molecule has 0 bridgehead atoms. The van der Waals surface area contributed by atoms with E-state index in [1.54, 1.807) is 11.0 Å². The molecule has 0 unspecified atom stereocenters. The molecule has 1 N–H and O–H groups in total. The minimum atomic E-state index is -0.616. The fraction of sp³-hybridized carbons (Fsp3) is 0.486. The molecule has 0 saturated carbocycles. The molecule has 1 spiro atoms. The number of hydrogen-bond donors (Lipinski definition) is 1. The number of aromatic nitrogens is 1. The molecule has 3 amide bonds. The van der Waals surface area contributed by atoms with Crippen molar-refractivity contribution < 1.29 is 28.6 Å². The number of rotatable bonds is 6. The predicted octanol–water partition coefficient (Wildman–Crippen LogP) is 3.70. The van der Waals surface area contributed by atoms with Crippen LogP contribution in [0.4, 0.5) is 0 Å². The fourth-order valence-electron chi connectivity index (χ4n) is 7.77. The lowest BCUT2D eigenvalue weighted by Crippen LogP contribution is -2.52. The van der Waals surface area contributed by atoms with Crippen LogP contribution in [0.3, 0.4) is 0 Å². The highest BCUT2D eigenvalue weighted by molar-refractivity contribution is 6.05. The molecule has 4 fully saturated rings. The Hall–Kier alpha value is -3.86. The van der Waals surface area contributed by atoms with Gasteiger partial charge < -0.3 is 19.1 Å². The second-order valence-electron chi connectivity index (χ2n) is 13.3. The Bertz CT molecular complexity index is 1670. The van der Waals surface area contributed by atoms with Crippen molar-refractivity contribution in [3.8, 4) is 5.75 Å². The van der Waals surface area contributed by atoms with Crippen molar-refractivity contribution in [1.82, 2.24) is 20.1 Å². The zero-order valence-electron chi connectivity index (χ0n) is 25.3.